The molecule has 2 aromatic heterocycles. The Morgan fingerprint density at radius 2 is 0.726 bits per heavy atom. The van der Waals surface area contributed by atoms with Gasteiger partial charge in [-0.1, -0.05) is 133 Å². The number of halogens is 3. The number of nitrogens with zero attached hydrogens (tertiary/aromatic N) is 8. The molecule has 0 saturated heterocycles. The summed E-state index contributed by atoms with van der Waals surface area (Å²) in [6, 6.07) is 72.8. The van der Waals surface area contributed by atoms with Crippen molar-refractivity contribution in [1.29, 1.82) is 10.5 Å². The lowest BCUT2D eigenvalue weighted by Gasteiger charge is -2.19. The first-order chi connectivity index (χ1) is 41.0. The quantitative estimate of drug-likeness (QED) is 0.142. The monoisotopic (exact) mass is 1080 g/mol. The van der Waals surface area contributed by atoms with Crippen LogP contribution in [0, 0.1) is 49.0 Å². The van der Waals surface area contributed by atoms with Crippen LogP contribution in [0.4, 0.5) is 35.9 Å². The second-order valence-electron chi connectivity index (χ2n) is 20.1. The van der Waals surface area contributed by atoms with E-state index in [-0.39, 0.29) is 16.9 Å². The summed E-state index contributed by atoms with van der Waals surface area (Å²) in [7, 11) is 0. The Morgan fingerprint density at radius 1 is 0.333 bits per heavy atom. The molecule has 13 aromatic rings. The van der Waals surface area contributed by atoms with E-state index in [9.17, 15) is 23.7 Å². The van der Waals surface area contributed by atoms with Crippen LogP contribution in [0.15, 0.2) is 224 Å². The van der Waals surface area contributed by atoms with Crippen molar-refractivity contribution in [1.82, 2.24) is 9.13 Å². The number of nitriles is 2. The second-order valence-corrected chi connectivity index (χ2v) is 20.1. The lowest BCUT2D eigenvalue weighted by Crippen LogP contribution is -2.04. The molecule has 0 spiro atoms. The van der Waals surface area contributed by atoms with E-state index in [1.54, 1.807) is 36.4 Å². The van der Waals surface area contributed by atoms with Crippen LogP contribution in [-0.2, 0) is 6.18 Å². The maximum absolute atomic E-state index is 14.2. The van der Waals surface area contributed by atoms with E-state index in [2.05, 4.69) is 64.9 Å². The first-order valence-electron chi connectivity index (χ1n) is 26.4. The predicted octanol–water partition coefficient (Wildman–Crippen LogP) is 20.8. The van der Waals surface area contributed by atoms with Crippen LogP contribution in [0.3, 0.4) is 0 Å². The Morgan fingerprint density at radius 3 is 1.19 bits per heavy atom. The van der Waals surface area contributed by atoms with Gasteiger partial charge in [0, 0.05) is 32.8 Å². The van der Waals surface area contributed by atoms with E-state index in [0.717, 1.165) is 100 Å². The number of hydrogen-bond donors (Lipinski definition) is 0. The highest BCUT2D eigenvalue weighted by Gasteiger charge is 2.31. The molecule has 0 aliphatic heterocycles. The Labute approximate surface area is 480 Å². The normalized spacial score (nSPS) is 11.2. The fourth-order valence-electron chi connectivity index (χ4n) is 11.7. The molecule has 0 fully saturated rings. The third kappa shape index (κ3) is 8.52. The van der Waals surface area contributed by atoms with Gasteiger partial charge in [-0.2, -0.15) is 23.7 Å². The van der Waals surface area contributed by atoms with Gasteiger partial charge in [-0.25, -0.2) is 19.4 Å². The van der Waals surface area contributed by atoms with Crippen LogP contribution in [0.5, 0.6) is 0 Å². The fourth-order valence-corrected chi connectivity index (χ4v) is 11.7. The van der Waals surface area contributed by atoms with Crippen molar-refractivity contribution in [3.8, 4) is 90.3 Å². The molecule has 390 valence electrons. The topological polar surface area (TPSA) is 74.9 Å². The molecule has 11 heteroatoms. The maximum atomic E-state index is 14.2. The van der Waals surface area contributed by atoms with E-state index in [1.165, 1.54) is 6.07 Å². The molecule has 0 bridgehead atoms. The SMILES string of the molecule is [C-]#[N+]c1ccccc1-c1ccc2c(c1)c1cc(-c3ccccc3C#N)ccc1n2-c1ccc([N+]#[C-])c(-c2cc(-c3ccc(C(F)(F)F)cc3[N+]#[C-])ccc2-n2c3ccc(-c4ccccc4C#N)cc3c3cc(-c4ccccc4[N+]#[C-])ccc32)c1. The van der Waals surface area contributed by atoms with Gasteiger partial charge >= 0.3 is 6.18 Å². The molecular weight excluding hydrogens is 1050 g/mol. The lowest BCUT2D eigenvalue weighted by molar-refractivity contribution is -0.137. The van der Waals surface area contributed by atoms with Crippen molar-refractivity contribution in [3.05, 3.63) is 287 Å². The van der Waals surface area contributed by atoms with Crippen LogP contribution >= 0.6 is 0 Å². The molecule has 2 heterocycles. The summed E-state index contributed by atoms with van der Waals surface area (Å²) in [5, 5.41) is 23.8. The van der Waals surface area contributed by atoms with Crippen molar-refractivity contribution < 1.29 is 13.2 Å². The molecule has 0 saturated carbocycles. The van der Waals surface area contributed by atoms with Crippen molar-refractivity contribution in [2.24, 2.45) is 0 Å². The maximum Gasteiger partial charge on any atom is 0.415 e. The highest BCUT2D eigenvalue weighted by molar-refractivity contribution is 6.14. The Hall–Kier alpha value is -12.3. The van der Waals surface area contributed by atoms with Crippen molar-refractivity contribution in [2.75, 3.05) is 0 Å². The Bertz CT molecular complexity index is 5000. The molecule has 0 atom stereocenters. The van der Waals surface area contributed by atoms with Gasteiger partial charge in [0.2, 0.25) is 0 Å². The van der Waals surface area contributed by atoms with Crippen molar-refractivity contribution in [3.63, 3.8) is 0 Å². The molecule has 8 nitrogen and oxygen atoms in total. The summed E-state index contributed by atoms with van der Waals surface area (Å²) in [4.78, 5) is 15.4. The van der Waals surface area contributed by atoms with Crippen LogP contribution in [0.1, 0.15) is 16.7 Å². The van der Waals surface area contributed by atoms with Gasteiger partial charge in [0.05, 0.1) is 77.3 Å². The zero-order chi connectivity index (χ0) is 57.8. The second kappa shape index (κ2) is 20.4. The van der Waals surface area contributed by atoms with Gasteiger partial charge in [0.15, 0.2) is 22.7 Å². The lowest BCUT2D eigenvalue weighted by atomic mass is 9.94. The number of fused-ring (bicyclic) bond motifs is 6. The van der Waals surface area contributed by atoms with E-state index in [0.29, 0.717) is 50.6 Å². The number of alkyl halides is 3. The number of benzene rings is 11. The molecule has 11 aromatic carbocycles. The predicted molar refractivity (Wildman–Crippen MR) is 327 cm³/mol. The number of aromatic nitrogens is 2. The largest absolute Gasteiger partial charge is 0.415 e. The fraction of sp³-hybridized carbons (Fsp3) is 0.0137. The van der Waals surface area contributed by atoms with Gasteiger partial charge < -0.3 is 9.13 Å². The third-order valence-electron chi connectivity index (χ3n) is 15.6. The number of hydrogen-bond acceptors (Lipinski definition) is 2. The minimum Gasteiger partial charge on any atom is -0.309 e. The molecule has 0 N–H and O–H groups in total. The Balaban J connectivity index is 1.10. The highest BCUT2D eigenvalue weighted by atomic mass is 19.4. The first-order valence-corrected chi connectivity index (χ1v) is 26.4. The van der Waals surface area contributed by atoms with Crippen molar-refractivity contribution in [2.45, 2.75) is 6.18 Å². The van der Waals surface area contributed by atoms with Crippen LogP contribution in [0.2, 0.25) is 0 Å². The van der Waals surface area contributed by atoms with Gasteiger partial charge in [-0.05, 0) is 158 Å². The smallest absolute Gasteiger partial charge is 0.309 e. The summed E-state index contributed by atoms with van der Waals surface area (Å²) in [6.07, 6.45) is -4.69. The Kier molecular flexibility index (Phi) is 12.5. The van der Waals surface area contributed by atoms with E-state index in [1.807, 2.05) is 146 Å². The molecule has 0 radical (unpaired) electrons. The molecule has 84 heavy (non-hydrogen) atoms. The number of para-hydroxylation sites is 2. The van der Waals surface area contributed by atoms with Crippen LogP contribution < -0.4 is 0 Å². The molecule has 0 aliphatic carbocycles. The average molecular weight is 1080 g/mol. The zero-order valence-electron chi connectivity index (χ0n) is 44.1. The minimum atomic E-state index is -4.69. The summed E-state index contributed by atoms with van der Waals surface area (Å²) < 4.78 is 46.9. The minimum absolute atomic E-state index is 0.197. The van der Waals surface area contributed by atoms with Gasteiger partial charge in [-0.3, -0.25) is 0 Å². The summed E-state index contributed by atoms with van der Waals surface area (Å²) in [6.45, 7) is 32.9. The van der Waals surface area contributed by atoms with E-state index >= 15 is 0 Å². The van der Waals surface area contributed by atoms with E-state index < -0.39 is 11.7 Å². The van der Waals surface area contributed by atoms with E-state index in [4.69, 9.17) is 26.3 Å². The summed E-state index contributed by atoms with van der Waals surface area (Å²) in [5.41, 5.74) is 13.6. The molecule has 0 aliphatic rings. The van der Waals surface area contributed by atoms with Gasteiger partial charge in [-0.15, -0.1) is 0 Å². The highest BCUT2D eigenvalue weighted by Crippen LogP contribution is 2.47. The molecule has 0 unspecified atom stereocenters. The third-order valence-corrected chi connectivity index (χ3v) is 15.6. The van der Waals surface area contributed by atoms with Crippen LogP contribution in [-0.4, -0.2) is 9.13 Å². The molecule has 0 amide bonds. The molecular formula is C73H37F3N8. The average Bonchev–Trinajstić information content (AvgIpc) is 3.72. The van der Waals surface area contributed by atoms with Crippen LogP contribution in [0.25, 0.3) is 141 Å². The molecule has 13 rings (SSSR count). The summed E-state index contributed by atoms with van der Waals surface area (Å²) >= 11 is 0. The zero-order valence-corrected chi connectivity index (χ0v) is 44.1. The van der Waals surface area contributed by atoms with Gasteiger partial charge in [0.25, 0.3) is 0 Å². The van der Waals surface area contributed by atoms with Gasteiger partial charge in [0.1, 0.15) is 0 Å². The first kappa shape index (κ1) is 51.2. The summed E-state index contributed by atoms with van der Waals surface area (Å²) in [5.74, 6) is 0. The standard InChI is InChI=1S/C73H37F3N8/c1-79-64-19-11-9-17-55(64)46-23-31-69-61(38-46)60-35-44(53-15-7-5-13-49(53)42-77)21-30-68(60)83(69)52-27-29-66(81-3)58(41-52)59-37-48(57-28-26-51(73(74,75)76)40-67(57)82-4)25-33-70(59)84-71-32-22-45(54-16-8-6-14-50(54)43-78)36-62(71)63-39-47(24-34-72(63)84)56-18-10-12-20-65(56)80-2/h5-41H. The number of rotatable bonds is 8. The van der Waals surface area contributed by atoms with Crippen molar-refractivity contribution >= 4 is 66.4 Å².